The number of hydrogen-bond acceptors (Lipinski definition) is 2. The van der Waals surface area contributed by atoms with Crippen molar-refractivity contribution >= 4 is 0 Å². The van der Waals surface area contributed by atoms with E-state index in [1.165, 1.54) is 0 Å². The first-order valence-electron chi connectivity index (χ1n) is 2.71. The Morgan fingerprint density at radius 2 is 2.67 bits per heavy atom. The maximum Gasteiger partial charge on any atom is 0.306 e. The third kappa shape index (κ3) is 1.50. The van der Waals surface area contributed by atoms with Gasteiger partial charge in [0, 0.05) is 7.11 Å². The Bertz CT molecular complexity index is 184. The molecule has 0 amide bonds. The van der Waals surface area contributed by atoms with Crippen molar-refractivity contribution in [3.05, 3.63) is 12.2 Å². The van der Waals surface area contributed by atoms with Crippen LogP contribution in [0.5, 0.6) is 0 Å². The fourth-order valence-corrected chi connectivity index (χ4v) is 0.624. The molecule has 0 spiro atoms. The number of H-pyrrole nitrogens is 1. The van der Waals surface area contributed by atoms with E-state index in [0.717, 1.165) is 5.82 Å². The van der Waals surface area contributed by atoms with E-state index in [-0.39, 0.29) is 0 Å². The van der Waals surface area contributed by atoms with Crippen LogP contribution in [0.25, 0.3) is 0 Å². The Labute approximate surface area is 53.5 Å². The van der Waals surface area contributed by atoms with Crippen LogP contribution in [-0.2, 0) is 18.4 Å². The van der Waals surface area contributed by atoms with Crippen molar-refractivity contribution in [1.29, 1.82) is 0 Å². The highest BCUT2D eigenvalue weighted by molar-refractivity contribution is 4.70. The summed E-state index contributed by atoms with van der Waals surface area (Å²) >= 11 is 0. The van der Waals surface area contributed by atoms with Crippen LogP contribution in [0.1, 0.15) is 5.82 Å². The van der Waals surface area contributed by atoms with Crippen LogP contribution in [0.3, 0.4) is 0 Å². The maximum atomic E-state index is 4.83. The lowest BCUT2D eigenvalue weighted by Gasteiger charge is -1.84. The minimum atomic E-state index is 0.542. The minimum absolute atomic E-state index is 0.542. The molecule has 0 saturated heterocycles. The fraction of sp³-hybridized carbons (Fsp3) is 0.600. The summed E-state index contributed by atoms with van der Waals surface area (Å²) in [6.07, 6.45) is 1.70. The molecule has 4 heteroatoms. The number of aryl methyl sites for hydroxylation is 1. The van der Waals surface area contributed by atoms with Crippen molar-refractivity contribution in [2.45, 2.75) is 6.61 Å². The van der Waals surface area contributed by atoms with Gasteiger partial charge < -0.3 is 4.74 Å². The molecule has 0 unspecified atom stereocenters. The number of nitrogens with zero attached hydrogens (tertiary/aromatic N) is 2. The highest BCUT2D eigenvalue weighted by atomic mass is 16.5. The van der Waals surface area contributed by atoms with Gasteiger partial charge in [-0.05, 0) is 4.98 Å². The molecule has 0 aliphatic rings. The van der Waals surface area contributed by atoms with Crippen LogP contribution < -0.4 is 4.68 Å². The Kier molecular flexibility index (Phi) is 1.79. The van der Waals surface area contributed by atoms with Crippen molar-refractivity contribution in [3.8, 4) is 0 Å². The first-order chi connectivity index (χ1) is 4.33. The average molecular weight is 128 g/mol. The molecule has 1 rings (SSSR count). The molecule has 0 aromatic carbocycles. The van der Waals surface area contributed by atoms with Gasteiger partial charge in [-0.2, -0.15) is 9.78 Å². The summed E-state index contributed by atoms with van der Waals surface area (Å²) in [5.74, 6) is 0.847. The second kappa shape index (κ2) is 2.59. The normalized spacial score (nSPS) is 10.0. The van der Waals surface area contributed by atoms with Gasteiger partial charge in [0.25, 0.3) is 5.82 Å². The molecule has 1 heterocycles. The second-order valence-electron chi connectivity index (χ2n) is 1.85. The van der Waals surface area contributed by atoms with E-state index < -0.39 is 0 Å². The molecular formula is C5H10N3O+. The minimum Gasteiger partial charge on any atom is -0.374 e. The molecule has 0 saturated carbocycles. The quantitative estimate of drug-likeness (QED) is 0.539. The van der Waals surface area contributed by atoms with Gasteiger partial charge in [-0.1, -0.05) is 0 Å². The zero-order valence-electron chi connectivity index (χ0n) is 5.59. The van der Waals surface area contributed by atoms with E-state index in [1.807, 2.05) is 7.05 Å². The summed E-state index contributed by atoms with van der Waals surface area (Å²) in [5.41, 5.74) is 0. The molecule has 0 fully saturated rings. The average Bonchev–Trinajstić information content (AvgIpc) is 2.17. The van der Waals surface area contributed by atoms with Crippen molar-refractivity contribution in [1.82, 2.24) is 10.1 Å². The van der Waals surface area contributed by atoms with Gasteiger partial charge in [0.15, 0.2) is 0 Å². The number of ether oxygens (including phenoxy) is 1. The van der Waals surface area contributed by atoms with E-state index in [4.69, 9.17) is 4.74 Å². The molecule has 1 N–H and O–H groups in total. The van der Waals surface area contributed by atoms with Crippen LogP contribution in [0.15, 0.2) is 6.33 Å². The number of hydrogen-bond donors (Lipinski definition) is 1. The van der Waals surface area contributed by atoms with Crippen molar-refractivity contribution < 1.29 is 9.42 Å². The van der Waals surface area contributed by atoms with E-state index >= 15 is 0 Å². The lowest BCUT2D eigenvalue weighted by molar-refractivity contribution is -0.728. The zero-order chi connectivity index (χ0) is 6.69. The van der Waals surface area contributed by atoms with E-state index in [2.05, 4.69) is 10.1 Å². The molecule has 0 bridgehead atoms. The Morgan fingerprint density at radius 1 is 1.89 bits per heavy atom. The molecule has 0 aliphatic heterocycles. The van der Waals surface area contributed by atoms with Crippen LogP contribution in [0.4, 0.5) is 0 Å². The summed E-state index contributed by atoms with van der Waals surface area (Å²) in [4.78, 5) is 3.99. The molecule has 50 valence electrons. The molecule has 0 aliphatic carbocycles. The SMILES string of the molecule is COCc1nc[n+](C)[nH]1. The fourth-order valence-electron chi connectivity index (χ4n) is 0.624. The predicted octanol–water partition coefficient (Wildman–Crippen LogP) is -0.619. The van der Waals surface area contributed by atoms with Gasteiger partial charge in [-0.3, -0.25) is 0 Å². The first-order valence-corrected chi connectivity index (χ1v) is 2.71. The molecule has 1 aromatic rings. The lowest BCUT2D eigenvalue weighted by atomic mass is 10.7. The van der Waals surface area contributed by atoms with Crippen molar-refractivity contribution in [2.75, 3.05) is 7.11 Å². The van der Waals surface area contributed by atoms with E-state index in [0.29, 0.717) is 6.61 Å². The highest BCUT2D eigenvalue weighted by Gasteiger charge is 2.02. The van der Waals surface area contributed by atoms with Gasteiger partial charge in [0.05, 0.1) is 0 Å². The summed E-state index contributed by atoms with van der Waals surface area (Å²) in [6, 6.07) is 0. The van der Waals surface area contributed by atoms with Crippen molar-refractivity contribution in [2.24, 2.45) is 7.05 Å². The third-order valence-electron chi connectivity index (χ3n) is 0.973. The summed E-state index contributed by atoms with van der Waals surface area (Å²) in [6.45, 7) is 0.542. The van der Waals surface area contributed by atoms with Gasteiger partial charge >= 0.3 is 6.33 Å². The molecule has 0 atom stereocenters. The summed E-state index contributed by atoms with van der Waals surface area (Å²) in [5, 5.41) is 2.96. The summed E-state index contributed by atoms with van der Waals surface area (Å²) < 4.78 is 6.61. The van der Waals surface area contributed by atoms with Crippen LogP contribution in [-0.4, -0.2) is 17.2 Å². The highest BCUT2D eigenvalue weighted by Crippen LogP contribution is 1.83. The number of rotatable bonds is 2. The lowest BCUT2D eigenvalue weighted by Crippen LogP contribution is -2.28. The first kappa shape index (κ1) is 6.22. The smallest absolute Gasteiger partial charge is 0.306 e. The standard InChI is InChI=1S/C5H9N3O/c1-8-4-6-5(7-8)3-9-2/h4H,3H2,1-2H3/p+1. The number of aromatic nitrogens is 3. The number of aromatic amines is 1. The third-order valence-corrected chi connectivity index (χ3v) is 0.973. The zero-order valence-corrected chi connectivity index (χ0v) is 5.59. The van der Waals surface area contributed by atoms with E-state index in [9.17, 15) is 0 Å². The van der Waals surface area contributed by atoms with Gasteiger partial charge in [-0.25, -0.2) is 0 Å². The maximum absolute atomic E-state index is 4.83. The predicted molar refractivity (Wildman–Crippen MR) is 30.5 cm³/mol. The molecule has 9 heavy (non-hydrogen) atoms. The van der Waals surface area contributed by atoms with E-state index in [1.54, 1.807) is 18.1 Å². The summed E-state index contributed by atoms with van der Waals surface area (Å²) in [7, 11) is 3.52. The van der Waals surface area contributed by atoms with Crippen LogP contribution in [0.2, 0.25) is 0 Å². The second-order valence-corrected chi connectivity index (χ2v) is 1.85. The largest absolute Gasteiger partial charge is 0.374 e. The van der Waals surface area contributed by atoms with Crippen LogP contribution >= 0.6 is 0 Å². The Balaban J connectivity index is 2.61. The monoisotopic (exact) mass is 128 g/mol. The number of methoxy groups -OCH3 is 1. The van der Waals surface area contributed by atoms with Gasteiger partial charge in [0.1, 0.15) is 13.7 Å². The van der Waals surface area contributed by atoms with Crippen LogP contribution in [0, 0.1) is 0 Å². The van der Waals surface area contributed by atoms with Gasteiger partial charge in [0.2, 0.25) is 0 Å². The molecule has 4 nitrogen and oxygen atoms in total. The topological polar surface area (TPSA) is 41.8 Å². The molecular weight excluding hydrogens is 118 g/mol. The Hall–Kier alpha value is -0.900. The molecule has 1 aromatic heterocycles. The molecule has 0 radical (unpaired) electrons. The Morgan fingerprint density at radius 3 is 3.11 bits per heavy atom. The van der Waals surface area contributed by atoms with Gasteiger partial charge in [-0.15, -0.1) is 0 Å². The van der Waals surface area contributed by atoms with Crippen molar-refractivity contribution in [3.63, 3.8) is 0 Å². The number of nitrogens with one attached hydrogen (secondary N) is 1.